The van der Waals surface area contributed by atoms with E-state index in [2.05, 4.69) is 21.8 Å². The number of aromatic nitrogens is 4. The third-order valence-corrected chi connectivity index (χ3v) is 5.94. The van der Waals surface area contributed by atoms with E-state index in [9.17, 15) is 24.8 Å². The van der Waals surface area contributed by atoms with Crippen molar-refractivity contribution in [2.45, 2.75) is 32.4 Å². The molecule has 2 N–H and O–H groups in total. The number of imidazole rings is 1. The molecule has 3 heterocycles. The summed E-state index contributed by atoms with van der Waals surface area (Å²) >= 11 is 0. The van der Waals surface area contributed by atoms with Gasteiger partial charge in [-0.25, -0.2) is 4.79 Å². The molecular formula is C21H26N6O6. The van der Waals surface area contributed by atoms with E-state index in [-0.39, 0.29) is 30.0 Å². The van der Waals surface area contributed by atoms with E-state index >= 15 is 0 Å². The summed E-state index contributed by atoms with van der Waals surface area (Å²) in [6.07, 6.45) is 0.950. The number of aryl methyl sites for hydroxylation is 1. The van der Waals surface area contributed by atoms with E-state index in [1.807, 2.05) is 0 Å². The molecule has 1 saturated heterocycles. The second kappa shape index (κ2) is 9.06. The highest BCUT2D eigenvalue weighted by Crippen LogP contribution is 2.25. The van der Waals surface area contributed by atoms with Crippen LogP contribution in [0.5, 0.6) is 5.75 Å². The Hall–Kier alpha value is -3.67. The van der Waals surface area contributed by atoms with Gasteiger partial charge < -0.3 is 19.3 Å². The number of ether oxygens (including phenoxy) is 1. The van der Waals surface area contributed by atoms with Gasteiger partial charge in [0.1, 0.15) is 18.5 Å². The highest BCUT2D eigenvalue weighted by atomic mass is 16.6. The fourth-order valence-electron chi connectivity index (χ4n) is 3.97. The second-order valence-corrected chi connectivity index (χ2v) is 8.40. The number of aromatic amines is 1. The molecule has 0 unspecified atom stereocenters. The van der Waals surface area contributed by atoms with Crippen LogP contribution in [0.1, 0.15) is 19.8 Å². The number of nitrogens with one attached hydrogen (secondary N) is 1. The average Bonchev–Trinajstić information content (AvgIpc) is 3.16. The molecule has 0 bridgehead atoms. The Kier molecular flexibility index (Phi) is 6.18. The maximum Gasteiger partial charge on any atom is 0.329 e. The molecule has 0 amide bonds. The summed E-state index contributed by atoms with van der Waals surface area (Å²) in [6.45, 7) is 3.62. The first-order valence-corrected chi connectivity index (χ1v) is 10.7. The van der Waals surface area contributed by atoms with Crippen molar-refractivity contribution in [3.8, 4) is 5.75 Å². The minimum absolute atomic E-state index is 0.0200. The number of nitrogens with zero attached hydrogens (tertiary/aromatic N) is 5. The van der Waals surface area contributed by atoms with Gasteiger partial charge in [0, 0.05) is 32.3 Å². The van der Waals surface area contributed by atoms with E-state index < -0.39 is 22.3 Å². The van der Waals surface area contributed by atoms with Gasteiger partial charge in [-0.15, -0.1) is 0 Å². The van der Waals surface area contributed by atoms with Crippen molar-refractivity contribution in [1.29, 1.82) is 0 Å². The largest absolute Gasteiger partial charge is 0.491 e. The molecular weight excluding hydrogens is 432 g/mol. The number of hydrogen-bond acceptors (Lipinski definition) is 8. The number of rotatable bonds is 7. The summed E-state index contributed by atoms with van der Waals surface area (Å²) in [5, 5.41) is 21.5. The molecule has 0 saturated carbocycles. The number of aliphatic hydroxyl groups excluding tert-OH is 1. The van der Waals surface area contributed by atoms with Gasteiger partial charge in [-0.1, -0.05) is 6.92 Å². The molecule has 1 aliphatic heterocycles. The van der Waals surface area contributed by atoms with Gasteiger partial charge in [-0.2, -0.15) is 4.98 Å². The lowest BCUT2D eigenvalue weighted by atomic mass is 10.00. The predicted octanol–water partition coefficient (Wildman–Crippen LogP) is 1.01. The first kappa shape index (κ1) is 22.5. The van der Waals surface area contributed by atoms with Crippen LogP contribution in [-0.4, -0.2) is 54.9 Å². The minimum atomic E-state index is -1.00. The van der Waals surface area contributed by atoms with Crippen LogP contribution in [-0.2, 0) is 13.6 Å². The Morgan fingerprint density at radius 3 is 2.58 bits per heavy atom. The molecule has 176 valence electrons. The predicted molar refractivity (Wildman–Crippen MR) is 121 cm³/mol. The van der Waals surface area contributed by atoms with Crippen molar-refractivity contribution < 1.29 is 14.8 Å². The Bertz CT molecular complexity index is 1270. The van der Waals surface area contributed by atoms with Gasteiger partial charge in [0.25, 0.3) is 11.2 Å². The van der Waals surface area contributed by atoms with Gasteiger partial charge in [-0.05, 0) is 30.9 Å². The van der Waals surface area contributed by atoms with Crippen molar-refractivity contribution in [2.75, 3.05) is 24.6 Å². The number of anilines is 1. The molecule has 33 heavy (non-hydrogen) atoms. The van der Waals surface area contributed by atoms with E-state index in [0.717, 1.165) is 25.9 Å². The van der Waals surface area contributed by atoms with Crippen molar-refractivity contribution in [3.05, 3.63) is 55.2 Å². The molecule has 1 fully saturated rings. The van der Waals surface area contributed by atoms with Crippen LogP contribution in [0.4, 0.5) is 11.6 Å². The Labute approximate surface area is 188 Å². The fourth-order valence-corrected chi connectivity index (χ4v) is 3.97. The highest BCUT2D eigenvalue weighted by Gasteiger charge is 2.25. The number of aliphatic hydroxyl groups is 1. The van der Waals surface area contributed by atoms with Gasteiger partial charge in [0.15, 0.2) is 11.2 Å². The smallest absolute Gasteiger partial charge is 0.329 e. The van der Waals surface area contributed by atoms with Crippen LogP contribution in [0.3, 0.4) is 0 Å². The zero-order chi connectivity index (χ0) is 23.7. The van der Waals surface area contributed by atoms with Crippen LogP contribution in [0.2, 0.25) is 0 Å². The number of H-pyrrole nitrogens is 1. The molecule has 0 aliphatic carbocycles. The van der Waals surface area contributed by atoms with Gasteiger partial charge in [0.05, 0.1) is 11.5 Å². The average molecular weight is 458 g/mol. The summed E-state index contributed by atoms with van der Waals surface area (Å²) < 4.78 is 8.49. The van der Waals surface area contributed by atoms with Crippen LogP contribution in [0, 0.1) is 16.0 Å². The number of hydrogen-bond donors (Lipinski definition) is 2. The lowest BCUT2D eigenvalue weighted by molar-refractivity contribution is -0.384. The normalized spacial score (nSPS) is 15.7. The SMILES string of the molecule is CC1CCN(c2nc3c(c(=O)[nH]c(=O)n3C)n2C[C@@H](O)COc2ccc([N+](=O)[O-])cc2)CC1. The molecule has 2 aromatic heterocycles. The molecule has 1 aromatic carbocycles. The maximum atomic E-state index is 12.7. The number of non-ortho nitro benzene ring substituents is 1. The third kappa shape index (κ3) is 4.60. The highest BCUT2D eigenvalue weighted by molar-refractivity contribution is 5.74. The zero-order valence-corrected chi connectivity index (χ0v) is 18.4. The van der Waals surface area contributed by atoms with E-state index in [1.165, 1.54) is 35.9 Å². The van der Waals surface area contributed by atoms with Gasteiger partial charge in [-0.3, -0.25) is 24.5 Å². The maximum absolute atomic E-state index is 12.7. The van der Waals surface area contributed by atoms with Crippen LogP contribution in [0.15, 0.2) is 33.9 Å². The summed E-state index contributed by atoms with van der Waals surface area (Å²) in [5.74, 6) is 1.49. The molecule has 4 rings (SSSR count). The lowest BCUT2D eigenvalue weighted by Gasteiger charge is -2.31. The van der Waals surface area contributed by atoms with Gasteiger partial charge >= 0.3 is 5.69 Å². The van der Waals surface area contributed by atoms with Crippen molar-refractivity contribution in [2.24, 2.45) is 13.0 Å². The second-order valence-electron chi connectivity index (χ2n) is 8.40. The van der Waals surface area contributed by atoms with E-state index in [0.29, 0.717) is 17.6 Å². The van der Waals surface area contributed by atoms with E-state index in [1.54, 1.807) is 4.57 Å². The number of piperidine rings is 1. The van der Waals surface area contributed by atoms with Crippen molar-refractivity contribution in [3.63, 3.8) is 0 Å². The molecule has 0 spiro atoms. The lowest BCUT2D eigenvalue weighted by Crippen LogP contribution is -2.36. The summed E-state index contributed by atoms with van der Waals surface area (Å²) in [4.78, 5) is 44.0. The fraction of sp³-hybridized carbons (Fsp3) is 0.476. The number of benzene rings is 1. The molecule has 1 aliphatic rings. The summed E-state index contributed by atoms with van der Waals surface area (Å²) in [6, 6.07) is 5.55. The molecule has 0 radical (unpaired) electrons. The summed E-state index contributed by atoms with van der Waals surface area (Å²) in [7, 11) is 1.54. The molecule has 1 atom stereocenters. The number of nitro groups is 1. The monoisotopic (exact) mass is 458 g/mol. The van der Waals surface area contributed by atoms with Crippen LogP contribution in [0.25, 0.3) is 11.2 Å². The molecule has 3 aromatic rings. The summed E-state index contributed by atoms with van der Waals surface area (Å²) in [5.41, 5.74) is -0.724. The Balaban J connectivity index is 1.60. The topological polar surface area (TPSA) is 149 Å². The Morgan fingerprint density at radius 2 is 1.94 bits per heavy atom. The first-order valence-electron chi connectivity index (χ1n) is 10.7. The van der Waals surface area contributed by atoms with Crippen LogP contribution >= 0.6 is 0 Å². The number of fused-ring (bicyclic) bond motifs is 1. The Morgan fingerprint density at radius 1 is 1.27 bits per heavy atom. The standard InChI is InChI=1S/C21H26N6O6/c1-13-7-9-25(10-8-13)20-22-18-17(19(29)23-21(30)24(18)2)26(20)11-15(28)12-33-16-5-3-14(4-6-16)27(31)32/h3-6,13,15,28H,7-12H2,1-2H3,(H,23,29,30)/t15-/m1/s1. The zero-order valence-electron chi connectivity index (χ0n) is 18.4. The third-order valence-electron chi connectivity index (χ3n) is 5.94. The first-order chi connectivity index (χ1) is 15.7. The molecule has 12 heteroatoms. The van der Waals surface area contributed by atoms with Gasteiger partial charge in [0.2, 0.25) is 5.95 Å². The minimum Gasteiger partial charge on any atom is -0.491 e. The molecule has 12 nitrogen and oxygen atoms in total. The quantitative estimate of drug-likeness (QED) is 0.394. The number of nitro benzene ring substituents is 1. The van der Waals surface area contributed by atoms with E-state index in [4.69, 9.17) is 4.74 Å². The van der Waals surface area contributed by atoms with Crippen molar-refractivity contribution >= 4 is 22.8 Å². The van der Waals surface area contributed by atoms with Crippen molar-refractivity contribution in [1.82, 2.24) is 19.1 Å². The van der Waals surface area contributed by atoms with Crippen LogP contribution < -0.4 is 20.9 Å².